The van der Waals surface area contributed by atoms with Crippen LogP contribution in [0.2, 0.25) is 0 Å². The van der Waals surface area contributed by atoms with E-state index in [1.54, 1.807) is 0 Å². The Bertz CT molecular complexity index is 103. The van der Waals surface area contributed by atoms with Gasteiger partial charge in [-0.3, -0.25) is 0 Å². The van der Waals surface area contributed by atoms with Gasteiger partial charge in [-0.25, -0.2) is 4.79 Å². The molecule has 0 amide bonds. The minimum atomic E-state index is -0.831. The van der Waals surface area contributed by atoms with Gasteiger partial charge >= 0.3 is 6.16 Å². The summed E-state index contributed by atoms with van der Waals surface area (Å²) in [4.78, 5) is 10.2. The molecule has 0 rings (SSSR count). The zero-order chi connectivity index (χ0) is 7.98. The second-order valence-electron chi connectivity index (χ2n) is 2.36. The van der Waals surface area contributed by atoms with Crippen molar-refractivity contribution < 1.29 is 13.8 Å². The van der Waals surface area contributed by atoms with Crippen LogP contribution in [0.3, 0.4) is 0 Å². The molecule has 0 bridgehead atoms. The average Bonchev–Trinajstić information content (AvgIpc) is 1.87. The smallest absolute Gasteiger partial charge is 0.433 e. The van der Waals surface area contributed by atoms with Gasteiger partial charge < -0.3 is 9.03 Å². The van der Waals surface area contributed by atoms with Crippen LogP contribution in [0.15, 0.2) is 0 Å². The van der Waals surface area contributed by atoms with E-state index < -0.39 is 6.16 Å². The first-order valence-electron chi connectivity index (χ1n) is 3.12. The van der Waals surface area contributed by atoms with E-state index in [0.29, 0.717) is 12.5 Å². The summed E-state index contributed by atoms with van der Waals surface area (Å²) in [6.45, 7) is 4.44. The summed E-state index contributed by atoms with van der Waals surface area (Å²) < 4.78 is 8.25. The van der Waals surface area contributed by atoms with Crippen LogP contribution in [-0.4, -0.2) is 12.8 Å². The summed E-state index contributed by atoms with van der Waals surface area (Å²) in [5.74, 6) is 0.517. The highest BCUT2D eigenvalue weighted by Gasteiger charge is 2.01. The molecule has 0 heterocycles. The Morgan fingerprint density at radius 3 is 2.60 bits per heavy atom. The molecule has 0 fully saturated rings. The molecule has 0 aromatic heterocycles. The molecule has 0 radical (unpaired) electrons. The van der Waals surface area contributed by atoms with Gasteiger partial charge in [-0.1, -0.05) is 13.8 Å². The molecule has 4 heteroatoms. The van der Waals surface area contributed by atoms with Crippen LogP contribution >= 0.6 is 11.9 Å². The van der Waals surface area contributed by atoms with Gasteiger partial charge in [0.15, 0.2) is 0 Å². The molecule has 0 aromatic rings. The lowest BCUT2D eigenvalue weighted by atomic mass is 10.1. The summed E-state index contributed by atoms with van der Waals surface area (Å²) in [6, 6.07) is 0. The molecule has 3 nitrogen and oxygen atoms in total. The number of ether oxygens (including phenoxy) is 1. The van der Waals surface area contributed by atoms with Gasteiger partial charge in [0.25, 0.3) is 0 Å². The van der Waals surface area contributed by atoms with Gasteiger partial charge in [0.2, 0.25) is 0 Å². The number of halogens is 1. The number of carbonyl (C=O) groups excluding carboxylic acids is 1. The van der Waals surface area contributed by atoms with Gasteiger partial charge in [0.1, 0.15) is 11.9 Å². The molecule has 0 aromatic carbocycles. The maximum absolute atomic E-state index is 10.2. The molecule has 0 unspecified atom stereocenters. The van der Waals surface area contributed by atoms with E-state index >= 15 is 0 Å². The van der Waals surface area contributed by atoms with Crippen LogP contribution in [0, 0.1) is 5.92 Å². The molecular formula is C6H11ClO3. The van der Waals surface area contributed by atoms with Crippen LogP contribution in [0.4, 0.5) is 4.79 Å². The van der Waals surface area contributed by atoms with Crippen molar-refractivity contribution in [2.24, 2.45) is 5.92 Å². The lowest BCUT2D eigenvalue weighted by molar-refractivity contribution is 0.0984. The molecule has 0 spiro atoms. The molecule has 0 N–H and O–H groups in total. The second-order valence-corrected chi connectivity index (χ2v) is 2.51. The maximum Gasteiger partial charge on any atom is 0.526 e. The Hall–Kier alpha value is -0.440. The molecule has 0 atom stereocenters. The monoisotopic (exact) mass is 166 g/mol. The predicted octanol–water partition coefficient (Wildman–Crippen LogP) is 2.34. The molecule has 10 heavy (non-hydrogen) atoms. The van der Waals surface area contributed by atoms with Crippen LogP contribution in [0.5, 0.6) is 0 Å². The SMILES string of the molecule is CC(C)CCOC(=O)OCl. The first kappa shape index (κ1) is 9.56. The maximum atomic E-state index is 10.2. The highest BCUT2D eigenvalue weighted by molar-refractivity contribution is 6.12. The van der Waals surface area contributed by atoms with Gasteiger partial charge in [-0.2, -0.15) is 0 Å². The predicted molar refractivity (Wildman–Crippen MR) is 37.7 cm³/mol. The van der Waals surface area contributed by atoms with E-state index in [0.717, 1.165) is 6.42 Å². The normalized spacial score (nSPS) is 9.60. The Balaban J connectivity index is 3.12. The Morgan fingerprint density at radius 2 is 2.20 bits per heavy atom. The van der Waals surface area contributed by atoms with Crippen molar-refractivity contribution in [2.45, 2.75) is 20.3 Å². The molecule has 0 aliphatic heterocycles. The summed E-state index contributed by atoms with van der Waals surface area (Å²) in [7, 11) is 0. The molecule has 60 valence electrons. The minimum Gasteiger partial charge on any atom is -0.433 e. The number of rotatable bonds is 3. The highest BCUT2D eigenvalue weighted by atomic mass is 35.5. The third-order valence-corrected chi connectivity index (χ3v) is 1.10. The standard InChI is InChI=1S/C6H11ClO3/c1-5(2)3-4-9-6(8)10-7/h5H,3-4H2,1-2H3. The quantitative estimate of drug-likeness (QED) is 0.604. The lowest BCUT2D eigenvalue weighted by Gasteiger charge is -2.02. The third kappa shape index (κ3) is 5.69. The lowest BCUT2D eigenvalue weighted by Crippen LogP contribution is -2.05. The number of carbonyl (C=O) groups is 1. The number of hydrogen-bond donors (Lipinski definition) is 0. The average molecular weight is 167 g/mol. The van der Waals surface area contributed by atoms with Crippen molar-refractivity contribution in [1.29, 1.82) is 0 Å². The van der Waals surface area contributed by atoms with Gasteiger partial charge in [0.05, 0.1) is 6.61 Å². The van der Waals surface area contributed by atoms with E-state index in [2.05, 4.69) is 9.03 Å². The van der Waals surface area contributed by atoms with Gasteiger partial charge in [0, 0.05) is 0 Å². The molecule has 0 saturated carbocycles. The molecular weight excluding hydrogens is 156 g/mol. The minimum absolute atomic E-state index is 0.364. The van der Waals surface area contributed by atoms with Crippen molar-refractivity contribution in [1.82, 2.24) is 0 Å². The van der Waals surface area contributed by atoms with E-state index in [-0.39, 0.29) is 0 Å². The van der Waals surface area contributed by atoms with E-state index in [1.165, 1.54) is 0 Å². The summed E-state index contributed by atoms with van der Waals surface area (Å²) in [6.07, 6.45) is -0.00580. The van der Waals surface area contributed by atoms with Crippen LogP contribution in [-0.2, 0) is 9.03 Å². The zero-order valence-corrected chi connectivity index (χ0v) is 6.85. The van der Waals surface area contributed by atoms with Crippen molar-refractivity contribution in [3.8, 4) is 0 Å². The van der Waals surface area contributed by atoms with Crippen LogP contribution < -0.4 is 0 Å². The topological polar surface area (TPSA) is 35.5 Å². The fourth-order valence-electron chi connectivity index (χ4n) is 0.400. The van der Waals surface area contributed by atoms with Gasteiger partial charge in [-0.05, 0) is 12.3 Å². The van der Waals surface area contributed by atoms with Gasteiger partial charge in [-0.15, -0.1) is 0 Å². The Labute approximate surface area is 65.4 Å². The van der Waals surface area contributed by atoms with Crippen molar-refractivity contribution in [2.75, 3.05) is 6.61 Å². The van der Waals surface area contributed by atoms with E-state index in [1.807, 2.05) is 13.8 Å². The van der Waals surface area contributed by atoms with Crippen molar-refractivity contribution >= 4 is 18.0 Å². The molecule has 0 saturated heterocycles. The Morgan fingerprint density at radius 1 is 1.60 bits per heavy atom. The second kappa shape index (κ2) is 5.35. The largest absolute Gasteiger partial charge is 0.526 e. The first-order valence-corrected chi connectivity index (χ1v) is 3.43. The van der Waals surface area contributed by atoms with Crippen LogP contribution in [0.25, 0.3) is 0 Å². The summed E-state index contributed by atoms with van der Waals surface area (Å²) in [5, 5.41) is 0. The fraction of sp³-hybridized carbons (Fsp3) is 0.833. The zero-order valence-electron chi connectivity index (χ0n) is 6.09. The summed E-state index contributed by atoms with van der Waals surface area (Å²) >= 11 is 4.69. The van der Waals surface area contributed by atoms with E-state index in [4.69, 9.17) is 11.9 Å². The molecule has 0 aliphatic carbocycles. The molecule has 0 aliphatic rings. The van der Waals surface area contributed by atoms with Crippen molar-refractivity contribution in [3.05, 3.63) is 0 Å². The van der Waals surface area contributed by atoms with Crippen molar-refractivity contribution in [3.63, 3.8) is 0 Å². The van der Waals surface area contributed by atoms with Crippen LogP contribution in [0.1, 0.15) is 20.3 Å². The first-order chi connectivity index (χ1) is 4.66. The fourth-order valence-corrected chi connectivity index (χ4v) is 0.445. The number of hydrogen-bond acceptors (Lipinski definition) is 3. The summed E-state index contributed by atoms with van der Waals surface area (Å²) in [5.41, 5.74) is 0. The highest BCUT2D eigenvalue weighted by Crippen LogP contribution is 1.99. The van der Waals surface area contributed by atoms with E-state index in [9.17, 15) is 4.79 Å². The third-order valence-electron chi connectivity index (χ3n) is 0.978. The Kier molecular flexibility index (Phi) is 5.12.